The van der Waals surface area contributed by atoms with Crippen molar-refractivity contribution in [3.63, 3.8) is 0 Å². The summed E-state index contributed by atoms with van der Waals surface area (Å²) in [6.45, 7) is 3.04. The Balaban J connectivity index is 2.41. The first-order chi connectivity index (χ1) is 9.63. The highest BCUT2D eigenvalue weighted by molar-refractivity contribution is 9.10. The molecule has 106 valence electrons. The summed E-state index contributed by atoms with van der Waals surface area (Å²) < 4.78 is 0.877. The molecule has 0 spiro atoms. The van der Waals surface area contributed by atoms with Gasteiger partial charge in [-0.25, -0.2) is 4.98 Å². The number of pyridine rings is 1. The number of anilines is 1. The van der Waals surface area contributed by atoms with Crippen molar-refractivity contribution in [3.8, 4) is 0 Å². The second kappa shape index (κ2) is 7.07. The molecule has 0 saturated carbocycles. The van der Waals surface area contributed by atoms with Crippen LogP contribution >= 0.6 is 27.5 Å². The van der Waals surface area contributed by atoms with Gasteiger partial charge in [-0.05, 0) is 52.7 Å². The van der Waals surface area contributed by atoms with Crippen LogP contribution in [0.5, 0.6) is 0 Å². The van der Waals surface area contributed by atoms with Gasteiger partial charge in [-0.15, -0.1) is 0 Å². The lowest BCUT2D eigenvalue weighted by Gasteiger charge is -2.21. The zero-order valence-corrected chi connectivity index (χ0v) is 13.6. The minimum atomic E-state index is 0.0113. The van der Waals surface area contributed by atoms with Crippen LogP contribution in [0.4, 0.5) is 5.82 Å². The first-order valence-corrected chi connectivity index (χ1v) is 7.69. The van der Waals surface area contributed by atoms with Gasteiger partial charge in [0.05, 0.1) is 11.1 Å². The maximum Gasteiger partial charge on any atom is 0.128 e. The number of hydrogen-bond donors (Lipinski definition) is 2. The van der Waals surface area contributed by atoms with Crippen LogP contribution in [0.3, 0.4) is 0 Å². The highest BCUT2D eigenvalue weighted by Gasteiger charge is 2.17. The minimum absolute atomic E-state index is 0.0113. The van der Waals surface area contributed by atoms with E-state index in [0.29, 0.717) is 10.8 Å². The van der Waals surface area contributed by atoms with E-state index >= 15 is 0 Å². The molecule has 1 heterocycles. The van der Waals surface area contributed by atoms with Crippen LogP contribution in [-0.2, 0) is 0 Å². The van der Waals surface area contributed by atoms with Crippen LogP contribution < -0.4 is 11.1 Å². The zero-order chi connectivity index (χ0) is 14.5. The van der Waals surface area contributed by atoms with Gasteiger partial charge in [-0.2, -0.15) is 0 Å². The van der Waals surface area contributed by atoms with Crippen molar-refractivity contribution in [3.05, 3.63) is 57.2 Å². The summed E-state index contributed by atoms with van der Waals surface area (Å²) in [5, 5.41) is 4.20. The Morgan fingerprint density at radius 3 is 2.85 bits per heavy atom. The van der Waals surface area contributed by atoms with E-state index < -0.39 is 0 Å². The van der Waals surface area contributed by atoms with Gasteiger partial charge in [-0.1, -0.05) is 30.7 Å². The Labute approximate surface area is 132 Å². The molecular weight excluding hydrogens is 338 g/mol. The van der Waals surface area contributed by atoms with Crippen LogP contribution in [0.15, 0.2) is 41.0 Å². The van der Waals surface area contributed by atoms with Gasteiger partial charge in [0, 0.05) is 16.2 Å². The summed E-state index contributed by atoms with van der Waals surface area (Å²) in [5.41, 5.74) is 8.10. The molecule has 1 aromatic carbocycles. The van der Waals surface area contributed by atoms with E-state index in [1.54, 1.807) is 6.20 Å². The molecule has 0 amide bonds. The van der Waals surface area contributed by atoms with E-state index in [1.807, 2.05) is 30.3 Å². The number of hydrogen-bond acceptors (Lipinski definition) is 3. The lowest BCUT2D eigenvalue weighted by atomic mass is 9.99. The van der Waals surface area contributed by atoms with Crippen LogP contribution in [0.1, 0.15) is 30.5 Å². The summed E-state index contributed by atoms with van der Waals surface area (Å²) >= 11 is 9.53. The molecule has 1 aromatic heterocycles. The molecule has 3 N–H and O–H groups in total. The summed E-state index contributed by atoms with van der Waals surface area (Å²) in [6.07, 6.45) is 2.75. The predicted octanol–water partition coefficient (Wildman–Crippen LogP) is 4.17. The van der Waals surface area contributed by atoms with Crippen LogP contribution in [0.25, 0.3) is 0 Å². The number of benzene rings is 1. The summed E-state index contributed by atoms with van der Waals surface area (Å²) in [4.78, 5) is 4.17. The van der Waals surface area contributed by atoms with Gasteiger partial charge in [0.1, 0.15) is 5.82 Å². The first-order valence-electron chi connectivity index (χ1n) is 6.52. The Morgan fingerprint density at radius 1 is 1.40 bits per heavy atom. The molecular formula is C15H17BrClN3. The molecule has 1 unspecified atom stereocenters. The van der Waals surface area contributed by atoms with Crippen molar-refractivity contribution >= 4 is 33.3 Å². The monoisotopic (exact) mass is 353 g/mol. The fourth-order valence-electron chi connectivity index (χ4n) is 2.06. The van der Waals surface area contributed by atoms with E-state index in [2.05, 4.69) is 33.2 Å². The number of nitrogens with one attached hydrogen (secondary N) is 1. The van der Waals surface area contributed by atoms with E-state index in [-0.39, 0.29) is 6.04 Å². The van der Waals surface area contributed by atoms with Crippen molar-refractivity contribution in [1.82, 2.24) is 10.3 Å². The number of nitrogens with zero attached hydrogens (tertiary/aromatic N) is 1. The van der Waals surface area contributed by atoms with Gasteiger partial charge in [0.25, 0.3) is 0 Å². The Bertz CT molecular complexity index is 589. The van der Waals surface area contributed by atoms with Crippen molar-refractivity contribution in [2.75, 3.05) is 12.3 Å². The molecule has 1 atom stereocenters. The Kier molecular flexibility index (Phi) is 5.40. The third-order valence-electron chi connectivity index (χ3n) is 3.06. The third-order valence-corrected chi connectivity index (χ3v) is 4.27. The van der Waals surface area contributed by atoms with Gasteiger partial charge in [0.15, 0.2) is 0 Å². The first kappa shape index (κ1) is 15.3. The standard InChI is InChI=1S/C15H17BrClN3/c1-2-7-19-14(11-4-3-8-20-15(11)18)10-5-6-13(17)12(16)9-10/h3-6,8-9,14,19H,2,7H2,1H3,(H2,18,20). The average molecular weight is 355 g/mol. The molecule has 5 heteroatoms. The SMILES string of the molecule is CCCNC(c1ccc(Cl)c(Br)c1)c1cccnc1N. The predicted molar refractivity (Wildman–Crippen MR) is 87.9 cm³/mol. The number of nitrogens with two attached hydrogens (primary N) is 1. The van der Waals surface area contributed by atoms with Crippen LogP contribution in [0.2, 0.25) is 5.02 Å². The molecule has 2 aromatic rings. The largest absolute Gasteiger partial charge is 0.383 e. The quantitative estimate of drug-likeness (QED) is 0.847. The van der Waals surface area contributed by atoms with Gasteiger partial charge in [-0.3, -0.25) is 0 Å². The molecule has 0 radical (unpaired) electrons. The fraction of sp³-hybridized carbons (Fsp3) is 0.267. The second-order valence-electron chi connectivity index (χ2n) is 4.54. The van der Waals surface area contributed by atoms with Crippen molar-refractivity contribution < 1.29 is 0 Å². The molecule has 3 nitrogen and oxygen atoms in total. The molecule has 0 saturated heterocycles. The van der Waals surface area contributed by atoms with E-state index in [9.17, 15) is 0 Å². The van der Waals surface area contributed by atoms with Gasteiger partial charge < -0.3 is 11.1 Å². The average Bonchev–Trinajstić information content (AvgIpc) is 2.44. The highest BCUT2D eigenvalue weighted by atomic mass is 79.9. The highest BCUT2D eigenvalue weighted by Crippen LogP contribution is 2.30. The molecule has 0 bridgehead atoms. The topological polar surface area (TPSA) is 50.9 Å². The number of nitrogen functional groups attached to an aromatic ring is 1. The Morgan fingerprint density at radius 2 is 2.20 bits per heavy atom. The normalized spacial score (nSPS) is 12.3. The lowest BCUT2D eigenvalue weighted by molar-refractivity contribution is 0.598. The van der Waals surface area contributed by atoms with E-state index in [4.69, 9.17) is 17.3 Å². The summed E-state index contributed by atoms with van der Waals surface area (Å²) in [6, 6.07) is 9.82. The van der Waals surface area contributed by atoms with E-state index in [0.717, 1.165) is 28.6 Å². The minimum Gasteiger partial charge on any atom is -0.383 e. The van der Waals surface area contributed by atoms with Crippen LogP contribution in [-0.4, -0.2) is 11.5 Å². The smallest absolute Gasteiger partial charge is 0.128 e. The second-order valence-corrected chi connectivity index (χ2v) is 5.80. The summed E-state index contributed by atoms with van der Waals surface area (Å²) in [5.74, 6) is 0.548. The zero-order valence-electron chi connectivity index (χ0n) is 11.2. The van der Waals surface area contributed by atoms with Gasteiger partial charge in [0.2, 0.25) is 0 Å². The van der Waals surface area contributed by atoms with Gasteiger partial charge >= 0.3 is 0 Å². The molecule has 20 heavy (non-hydrogen) atoms. The maximum atomic E-state index is 6.06. The number of halogens is 2. The lowest BCUT2D eigenvalue weighted by Crippen LogP contribution is -2.24. The molecule has 0 aliphatic carbocycles. The van der Waals surface area contributed by atoms with E-state index in [1.165, 1.54) is 0 Å². The summed E-state index contributed by atoms with van der Waals surface area (Å²) in [7, 11) is 0. The molecule has 0 aliphatic heterocycles. The number of rotatable bonds is 5. The maximum absolute atomic E-state index is 6.06. The third kappa shape index (κ3) is 3.51. The molecule has 0 aliphatic rings. The van der Waals surface area contributed by atoms with Crippen molar-refractivity contribution in [2.24, 2.45) is 0 Å². The number of aromatic nitrogens is 1. The molecule has 0 fully saturated rings. The fourth-order valence-corrected chi connectivity index (χ4v) is 2.58. The molecule has 2 rings (SSSR count). The van der Waals surface area contributed by atoms with Crippen molar-refractivity contribution in [2.45, 2.75) is 19.4 Å². The Hall–Kier alpha value is -1.10. The van der Waals surface area contributed by atoms with Crippen molar-refractivity contribution in [1.29, 1.82) is 0 Å². The van der Waals surface area contributed by atoms with Crippen LogP contribution in [0, 0.1) is 0 Å².